The van der Waals surface area contributed by atoms with Gasteiger partial charge in [0.25, 0.3) is 11.6 Å². The van der Waals surface area contributed by atoms with Crippen LogP contribution < -0.4 is 10.1 Å². The molecule has 1 N–H and O–H groups in total. The predicted molar refractivity (Wildman–Crippen MR) is 92.8 cm³/mol. The number of nitrogens with zero attached hydrogens (tertiary/aromatic N) is 1. The van der Waals surface area contributed by atoms with Crippen molar-refractivity contribution in [2.45, 2.75) is 32.1 Å². The van der Waals surface area contributed by atoms with Crippen LogP contribution in [0, 0.1) is 27.9 Å². The molecule has 0 radical (unpaired) electrons. The molecule has 8 heteroatoms. The minimum atomic E-state index is -0.550. The number of benzene rings is 1. The third-order valence-corrected chi connectivity index (χ3v) is 5.35. The fourth-order valence-electron chi connectivity index (χ4n) is 4.13. The fraction of sp³-hybridized carbons (Fsp3) is 0.556. The number of carbonyl (C=O) groups excluding carboxylic acids is 2. The van der Waals surface area contributed by atoms with E-state index in [0.717, 1.165) is 12.3 Å². The molecular formula is C18H22N2O6. The standard InChI is InChI=1S/C18H22N2O6/c1-25-16-9-14(20(23)24)4-5-15(16)19-17(21)10-26-18(22)8-13-7-11-2-3-12(13)6-11/h4-5,9,11-13H,2-3,6-8,10H2,1H3,(H,19,21)/t11-,12-,13+/m1/s1. The number of fused-ring (bicyclic) bond motifs is 2. The van der Waals surface area contributed by atoms with Crippen LogP contribution >= 0.6 is 0 Å². The lowest BCUT2D eigenvalue weighted by atomic mass is 9.86. The van der Waals surface area contributed by atoms with E-state index in [1.807, 2.05) is 0 Å². The van der Waals surface area contributed by atoms with E-state index in [-0.39, 0.29) is 29.7 Å². The normalized spacial score (nSPS) is 23.5. The average Bonchev–Trinajstić information content (AvgIpc) is 3.23. The Balaban J connectivity index is 1.48. The van der Waals surface area contributed by atoms with Crippen molar-refractivity contribution in [3.05, 3.63) is 28.3 Å². The SMILES string of the molecule is COc1cc([N+](=O)[O-])ccc1NC(=O)COC(=O)C[C@@H]1C[C@@H]2CC[C@@H]1C2. The largest absolute Gasteiger partial charge is 0.494 e. The van der Waals surface area contributed by atoms with Gasteiger partial charge in [-0.3, -0.25) is 19.7 Å². The highest BCUT2D eigenvalue weighted by molar-refractivity contribution is 5.94. The number of ether oxygens (including phenoxy) is 2. The number of anilines is 1. The summed E-state index contributed by atoms with van der Waals surface area (Å²) in [5.41, 5.74) is 0.143. The van der Waals surface area contributed by atoms with Gasteiger partial charge >= 0.3 is 5.97 Å². The van der Waals surface area contributed by atoms with E-state index in [0.29, 0.717) is 18.3 Å². The average molecular weight is 362 g/mol. The molecule has 0 heterocycles. The molecule has 2 bridgehead atoms. The van der Waals surface area contributed by atoms with Crippen molar-refractivity contribution < 1.29 is 24.0 Å². The Morgan fingerprint density at radius 1 is 1.31 bits per heavy atom. The zero-order chi connectivity index (χ0) is 18.7. The number of nitro benzene ring substituents is 1. The van der Waals surface area contributed by atoms with Crippen molar-refractivity contribution in [2.75, 3.05) is 19.0 Å². The molecule has 2 fully saturated rings. The van der Waals surface area contributed by atoms with Crippen LogP contribution in [-0.2, 0) is 14.3 Å². The lowest BCUT2D eigenvalue weighted by Crippen LogP contribution is -2.23. The number of carbonyl (C=O) groups is 2. The van der Waals surface area contributed by atoms with Crippen molar-refractivity contribution in [3.63, 3.8) is 0 Å². The first-order valence-electron chi connectivity index (χ1n) is 8.74. The van der Waals surface area contributed by atoms with Crippen molar-refractivity contribution in [3.8, 4) is 5.75 Å². The number of hydrogen-bond acceptors (Lipinski definition) is 6. The number of nitro groups is 1. The van der Waals surface area contributed by atoms with Gasteiger partial charge in [0.1, 0.15) is 5.75 Å². The van der Waals surface area contributed by atoms with Gasteiger partial charge in [-0.2, -0.15) is 0 Å². The highest BCUT2D eigenvalue weighted by Gasteiger charge is 2.40. The van der Waals surface area contributed by atoms with E-state index >= 15 is 0 Å². The second kappa shape index (κ2) is 7.72. The predicted octanol–water partition coefficient (Wildman–Crippen LogP) is 2.91. The fourth-order valence-corrected chi connectivity index (χ4v) is 4.13. The summed E-state index contributed by atoms with van der Waals surface area (Å²) in [6.45, 7) is -0.389. The number of hydrogen-bond donors (Lipinski definition) is 1. The van der Waals surface area contributed by atoms with Crippen molar-refractivity contribution in [1.29, 1.82) is 0 Å². The van der Waals surface area contributed by atoms with Gasteiger partial charge in [0.2, 0.25) is 0 Å². The third kappa shape index (κ3) is 4.12. The molecule has 0 unspecified atom stereocenters. The summed E-state index contributed by atoms with van der Waals surface area (Å²) in [7, 11) is 1.35. The summed E-state index contributed by atoms with van der Waals surface area (Å²) < 4.78 is 10.1. The Kier molecular flexibility index (Phi) is 5.39. The van der Waals surface area contributed by atoms with Gasteiger partial charge in [-0.05, 0) is 43.1 Å². The first-order valence-corrected chi connectivity index (χ1v) is 8.74. The van der Waals surface area contributed by atoms with E-state index in [2.05, 4.69) is 5.32 Å². The number of nitrogens with one attached hydrogen (secondary N) is 1. The van der Waals surface area contributed by atoms with Gasteiger partial charge in [-0.25, -0.2) is 0 Å². The van der Waals surface area contributed by atoms with Crippen LogP contribution in [0.15, 0.2) is 18.2 Å². The summed E-state index contributed by atoms with van der Waals surface area (Å²) in [5.74, 6) is 1.08. The molecule has 2 saturated carbocycles. The lowest BCUT2D eigenvalue weighted by Gasteiger charge is -2.20. The molecule has 2 aliphatic carbocycles. The second-order valence-corrected chi connectivity index (χ2v) is 6.99. The lowest BCUT2D eigenvalue weighted by molar-refractivity contribution is -0.384. The zero-order valence-electron chi connectivity index (χ0n) is 14.6. The molecule has 2 aliphatic rings. The first kappa shape index (κ1) is 18.2. The monoisotopic (exact) mass is 362 g/mol. The maximum Gasteiger partial charge on any atom is 0.306 e. The second-order valence-electron chi connectivity index (χ2n) is 6.99. The minimum absolute atomic E-state index is 0.142. The molecule has 1 amide bonds. The zero-order valence-corrected chi connectivity index (χ0v) is 14.6. The molecule has 1 aromatic carbocycles. The van der Waals surface area contributed by atoms with Crippen LogP contribution in [0.3, 0.4) is 0 Å². The number of amides is 1. The highest BCUT2D eigenvalue weighted by Crippen LogP contribution is 2.49. The van der Waals surface area contributed by atoms with E-state index in [1.54, 1.807) is 0 Å². The quantitative estimate of drug-likeness (QED) is 0.454. The summed E-state index contributed by atoms with van der Waals surface area (Å²) in [6, 6.07) is 3.86. The van der Waals surface area contributed by atoms with Crippen molar-refractivity contribution in [2.24, 2.45) is 17.8 Å². The summed E-state index contributed by atoms with van der Waals surface area (Å²) in [4.78, 5) is 34.2. The first-order chi connectivity index (χ1) is 12.5. The minimum Gasteiger partial charge on any atom is -0.494 e. The number of rotatable bonds is 7. The van der Waals surface area contributed by atoms with Crippen molar-refractivity contribution in [1.82, 2.24) is 0 Å². The Morgan fingerprint density at radius 3 is 2.73 bits per heavy atom. The van der Waals surface area contributed by atoms with Gasteiger partial charge in [-0.15, -0.1) is 0 Å². The summed E-state index contributed by atoms with van der Waals surface area (Å²) >= 11 is 0. The number of non-ortho nitro benzene ring substituents is 1. The van der Waals surface area contributed by atoms with Crippen LogP contribution in [0.2, 0.25) is 0 Å². The van der Waals surface area contributed by atoms with Gasteiger partial charge in [-0.1, -0.05) is 6.42 Å². The Morgan fingerprint density at radius 2 is 2.12 bits per heavy atom. The van der Waals surface area contributed by atoms with Crippen LogP contribution in [0.5, 0.6) is 5.75 Å². The molecule has 0 spiro atoms. The molecule has 0 aromatic heterocycles. The number of esters is 1. The molecule has 140 valence electrons. The van der Waals surface area contributed by atoms with E-state index in [9.17, 15) is 19.7 Å². The van der Waals surface area contributed by atoms with Crippen LogP contribution in [0.25, 0.3) is 0 Å². The van der Waals surface area contributed by atoms with Gasteiger partial charge in [0.05, 0.1) is 23.8 Å². The van der Waals surface area contributed by atoms with Gasteiger partial charge < -0.3 is 14.8 Å². The summed E-state index contributed by atoms with van der Waals surface area (Å²) in [5, 5.41) is 13.3. The van der Waals surface area contributed by atoms with Crippen molar-refractivity contribution >= 4 is 23.3 Å². The Hall–Kier alpha value is -2.64. The maximum atomic E-state index is 12.0. The highest BCUT2D eigenvalue weighted by atomic mass is 16.6. The molecule has 26 heavy (non-hydrogen) atoms. The molecular weight excluding hydrogens is 340 g/mol. The molecule has 1 aromatic rings. The van der Waals surface area contributed by atoms with Crippen LogP contribution in [-0.4, -0.2) is 30.5 Å². The Bertz CT molecular complexity index is 720. The Labute approximate surface area is 151 Å². The van der Waals surface area contributed by atoms with Gasteiger partial charge in [0.15, 0.2) is 6.61 Å². The molecule has 8 nitrogen and oxygen atoms in total. The molecule has 3 rings (SSSR count). The molecule has 0 saturated heterocycles. The van der Waals surface area contributed by atoms with E-state index in [1.165, 1.54) is 44.6 Å². The van der Waals surface area contributed by atoms with E-state index in [4.69, 9.17) is 9.47 Å². The third-order valence-electron chi connectivity index (χ3n) is 5.35. The smallest absolute Gasteiger partial charge is 0.306 e. The topological polar surface area (TPSA) is 108 Å². The molecule has 3 atom stereocenters. The van der Waals surface area contributed by atoms with E-state index < -0.39 is 10.8 Å². The molecule has 0 aliphatic heterocycles. The maximum absolute atomic E-state index is 12.0. The van der Waals surface area contributed by atoms with Crippen LogP contribution in [0.4, 0.5) is 11.4 Å². The van der Waals surface area contributed by atoms with Crippen LogP contribution in [0.1, 0.15) is 32.1 Å². The number of methoxy groups -OCH3 is 1. The van der Waals surface area contributed by atoms with Gasteiger partial charge in [0, 0.05) is 12.5 Å². The summed E-state index contributed by atoms with van der Waals surface area (Å²) in [6.07, 6.45) is 5.15.